The van der Waals surface area contributed by atoms with Crippen molar-refractivity contribution in [2.45, 2.75) is 4.90 Å². The van der Waals surface area contributed by atoms with Crippen LogP contribution in [0.2, 0.25) is 0 Å². The van der Waals surface area contributed by atoms with Gasteiger partial charge < -0.3 is 15.8 Å². The van der Waals surface area contributed by atoms with Crippen LogP contribution in [0.4, 0.5) is 21.5 Å². The highest BCUT2D eigenvalue weighted by molar-refractivity contribution is 7.89. The Bertz CT molecular complexity index is 778. The summed E-state index contributed by atoms with van der Waals surface area (Å²) in [4.78, 5) is -0.0757. The van der Waals surface area contributed by atoms with Gasteiger partial charge in [-0.1, -0.05) is 0 Å². The third kappa shape index (κ3) is 3.41. The number of hydrogen-bond acceptors (Lipinski definition) is 5. The van der Waals surface area contributed by atoms with Crippen molar-refractivity contribution in [1.29, 1.82) is 0 Å². The van der Waals surface area contributed by atoms with Crippen LogP contribution in [0.3, 0.4) is 0 Å². The van der Waals surface area contributed by atoms with Crippen LogP contribution in [0.15, 0.2) is 41.3 Å². The van der Waals surface area contributed by atoms with Crippen LogP contribution >= 0.6 is 0 Å². The maximum atomic E-state index is 13.3. The molecule has 0 aliphatic rings. The van der Waals surface area contributed by atoms with E-state index in [1.54, 1.807) is 0 Å². The van der Waals surface area contributed by atoms with Crippen LogP contribution in [0, 0.1) is 5.82 Å². The first kappa shape index (κ1) is 15.1. The summed E-state index contributed by atoms with van der Waals surface area (Å²) >= 11 is 0. The summed E-state index contributed by atoms with van der Waals surface area (Å²) in [5, 5.41) is 7.96. The summed E-state index contributed by atoms with van der Waals surface area (Å²) < 4.78 is 40.9. The number of primary sulfonamides is 1. The Hall–Kier alpha value is -2.32. The molecule has 21 heavy (non-hydrogen) atoms. The fourth-order valence-electron chi connectivity index (χ4n) is 1.71. The SMILES string of the molecule is COc1cc(Nc2cc(S(N)(=O)=O)ccc2N)ccc1F. The van der Waals surface area contributed by atoms with Crippen LogP contribution < -0.4 is 20.9 Å². The van der Waals surface area contributed by atoms with Crippen molar-refractivity contribution in [3.05, 3.63) is 42.2 Å². The Morgan fingerprint density at radius 2 is 1.90 bits per heavy atom. The number of anilines is 3. The first-order chi connectivity index (χ1) is 9.81. The van der Waals surface area contributed by atoms with Crippen LogP contribution in [0.5, 0.6) is 5.75 Å². The van der Waals surface area contributed by atoms with E-state index in [0.717, 1.165) is 0 Å². The molecule has 0 spiro atoms. The molecule has 0 bridgehead atoms. The number of ether oxygens (including phenoxy) is 1. The Morgan fingerprint density at radius 1 is 1.19 bits per heavy atom. The summed E-state index contributed by atoms with van der Waals surface area (Å²) in [6.07, 6.45) is 0. The molecule has 2 aromatic rings. The molecule has 2 rings (SSSR count). The number of sulfonamides is 1. The minimum absolute atomic E-state index is 0.0566. The highest BCUT2D eigenvalue weighted by Crippen LogP contribution is 2.28. The summed E-state index contributed by atoms with van der Waals surface area (Å²) in [7, 11) is -2.49. The van der Waals surface area contributed by atoms with Gasteiger partial charge in [-0.05, 0) is 30.3 Å². The van der Waals surface area contributed by atoms with E-state index in [1.165, 1.54) is 43.5 Å². The minimum Gasteiger partial charge on any atom is -0.494 e. The zero-order valence-electron chi connectivity index (χ0n) is 11.1. The molecule has 8 heteroatoms. The van der Waals surface area contributed by atoms with Crippen molar-refractivity contribution in [3.8, 4) is 5.75 Å². The molecular formula is C13H14FN3O3S. The van der Waals surface area contributed by atoms with Gasteiger partial charge in [0.15, 0.2) is 11.6 Å². The van der Waals surface area contributed by atoms with Gasteiger partial charge in [-0.2, -0.15) is 0 Å². The lowest BCUT2D eigenvalue weighted by Crippen LogP contribution is -2.12. The second kappa shape index (κ2) is 5.58. The van der Waals surface area contributed by atoms with Crippen molar-refractivity contribution in [1.82, 2.24) is 0 Å². The first-order valence-electron chi connectivity index (χ1n) is 5.84. The first-order valence-corrected chi connectivity index (χ1v) is 7.39. The number of benzene rings is 2. The fourth-order valence-corrected chi connectivity index (χ4v) is 2.25. The van der Waals surface area contributed by atoms with Crippen molar-refractivity contribution >= 4 is 27.1 Å². The van der Waals surface area contributed by atoms with Crippen LogP contribution in [-0.4, -0.2) is 15.5 Å². The van der Waals surface area contributed by atoms with Gasteiger partial charge in [0.25, 0.3) is 0 Å². The minimum atomic E-state index is -3.83. The Labute approximate surface area is 121 Å². The molecule has 0 amide bonds. The molecule has 2 aromatic carbocycles. The van der Waals surface area contributed by atoms with Crippen molar-refractivity contribution in [2.75, 3.05) is 18.2 Å². The Balaban J connectivity index is 2.39. The maximum Gasteiger partial charge on any atom is 0.238 e. The van der Waals surface area contributed by atoms with Gasteiger partial charge in [0, 0.05) is 11.8 Å². The molecule has 0 saturated carbocycles. The Kier molecular flexibility index (Phi) is 4.01. The number of hydrogen-bond donors (Lipinski definition) is 3. The van der Waals surface area contributed by atoms with Gasteiger partial charge in [0.05, 0.1) is 23.4 Å². The number of methoxy groups -OCH3 is 1. The number of rotatable bonds is 4. The smallest absolute Gasteiger partial charge is 0.238 e. The summed E-state index contributed by atoms with van der Waals surface area (Å²) in [5.41, 5.74) is 6.94. The Morgan fingerprint density at radius 3 is 2.52 bits per heavy atom. The van der Waals surface area contributed by atoms with Crippen LogP contribution in [-0.2, 0) is 10.0 Å². The lowest BCUT2D eigenvalue weighted by molar-refractivity contribution is 0.387. The van der Waals surface area contributed by atoms with Crippen LogP contribution in [0.1, 0.15) is 0 Å². The monoisotopic (exact) mass is 311 g/mol. The van der Waals surface area contributed by atoms with Crippen molar-refractivity contribution < 1.29 is 17.5 Å². The molecule has 0 radical (unpaired) electrons. The van der Waals surface area contributed by atoms with Crippen molar-refractivity contribution in [2.24, 2.45) is 5.14 Å². The van der Waals surface area contributed by atoms with E-state index in [9.17, 15) is 12.8 Å². The standard InChI is InChI=1S/C13H14FN3O3S/c1-20-13-6-8(2-4-10(13)14)17-12-7-9(21(16,18)19)3-5-11(12)15/h2-7,17H,15H2,1H3,(H2,16,18,19). The highest BCUT2D eigenvalue weighted by atomic mass is 32.2. The second-order valence-electron chi connectivity index (χ2n) is 4.27. The summed E-state index contributed by atoms with van der Waals surface area (Å²) in [5.74, 6) is -0.449. The molecule has 0 heterocycles. The fraction of sp³-hybridized carbons (Fsp3) is 0.0769. The average molecular weight is 311 g/mol. The quantitative estimate of drug-likeness (QED) is 0.746. The van der Waals surface area contributed by atoms with E-state index < -0.39 is 15.8 Å². The van der Waals surface area contributed by atoms with E-state index >= 15 is 0 Å². The van der Waals surface area contributed by atoms with Crippen molar-refractivity contribution in [3.63, 3.8) is 0 Å². The van der Waals surface area contributed by atoms with E-state index in [2.05, 4.69) is 5.32 Å². The number of halogens is 1. The summed E-state index contributed by atoms with van der Waals surface area (Å²) in [6.45, 7) is 0. The number of nitrogens with one attached hydrogen (secondary N) is 1. The highest BCUT2D eigenvalue weighted by Gasteiger charge is 2.11. The molecule has 0 fully saturated rings. The molecule has 0 aromatic heterocycles. The summed E-state index contributed by atoms with van der Waals surface area (Å²) in [6, 6.07) is 8.16. The van der Waals surface area contributed by atoms with Gasteiger partial charge in [0.2, 0.25) is 10.0 Å². The predicted octanol–water partition coefficient (Wildman–Crippen LogP) is 1.81. The average Bonchev–Trinajstić information content (AvgIpc) is 2.42. The number of nitrogen functional groups attached to an aromatic ring is 1. The molecule has 0 aliphatic heterocycles. The normalized spacial score (nSPS) is 11.2. The largest absolute Gasteiger partial charge is 0.494 e. The van der Waals surface area contributed by atoms with Gasteiger partial charge in [-0.25, -0.2) is 17.9 Å². The molecule has 6 nitrogen and oxygen atoms in total. The molecule has 112 valence electrons. The maximum absolute atomic E-state index is 13.3. The lowest BCUT2D eigenvalue weighted by atomic mass is 10.2. The second-order valence-corrected chi connectivity index (χ2v) is 5.83. The zero-order chi connectivity index (χ0) is 15.6. The lowest BCUT2D eigenvalue weighted by Gasteiger charge is -2.12. The molecule has 0 aliphatic carbocycles. The van der Waals surface area contributed by atoms with Gasteiger partial charge in [0.1, 0.15) is 0 Å². The third-order valence-corrected chi connectivity index (χ3v) is 3.69. The topological polar surface area (TPSA) is 107 Å². The molecular weight excluding hydrogens is 297 g/mol. The number of nitrogens with two attached hydrogens (primary N) is 2. The molecule has 0 unspecified atom stereocenters. The van der Waals surface area contributed by atoms with Gasteiger partial charge >= 0.3 is 0 Å². The van der Waals surface area contributed by atoms with Gasteiger partial charge in [-0.15, -0.1) is 0 Å². The van der Waals surface area contributed by atoms with Crippen LogP contribution in [0.25, 0.3) is 0 Å². The predicted molar refractivity (Wildman–Crippen MR) is 78.5 cm³/mol. The van der Waals surface area contributed by atoms with E-state index in [4.69, 9.17) is 15.6 Å². The van der Waals surface area contributed by atoms with Gasteiger partial charge in [-0.3, -0.25) is 0 Å². The zero-order valence-corrected chi connectivity index (χ0v) is 11.9. The van der Waals surface area contributed by atoms with E-state index in [-0.39, 0.29) is 10.6 Å². The van der Waals surface area contributed by atoms with E-state index in [1.807, 2.05) is 0 Å². The molecule has 5 N–H and O–H groups in total. The third-order valence-electron chi connectivity index (χ3n) is 2.78. The van der Waals surface area contributed by atoms with E-state index in [0.29, 0.717) is 17.1 Å². The molecule has 0 saturated heterocycles. The molecule has 0 atom stereocenters.